The van der Waals surface area contributed by atoms with Gasteiger partial charge >= 0.3 is 0 Å². The lowest BCUT2D eigenvalue weighted by Crippen LogP contribution is -1.97. The minimum Gasteiger partial charge on any atom is -0.383 e. The SMILES string of the molecule is CC(C)c1ccc(Cc2nc3ccccn3c2N)cc1. The van der Waals surface area contributed by atoms with Crippen molar-refractivity contribution in [2.45, 2.75) is 26.2 Å². The molecule has 2 heterocycles. The van der Waals surface area contributed by atoms with Crippen molar-refractivity contribution in [1.29, 1.82) is 0 Å². The summed E-state index contributed by atoms with van der Waals surface area (Å²) in [5, 5.41) is 0. The summed E-state index contributed by atoms with van der Waals surface area (Å²) < 4.78 is 1.93. The number of anilines is 1. The zero-order chi connectivity index (χ0) is 14.1. The average molecular weight is 265 g/mol. The van der Waals surface area contributed by atoms with Crippen LogP contribution in [-0.2, 0) is 6.42 Å². The first-order chi connectivity index (χ1) is 9.65. The molecule has 0 aliphatic heterocycles. The Bertz CT molecular complexity index is 724. The van der Waals surface area contributed by atoms with Crippen molar-refractivity contribution in [3.8, 4) is 0 Å². The van der Waals surface area contributed by atoms with Crippen molar-refractivity contribution in [2.75, 3.05) is 5.73 Å². The Hall–Kier alpha value is -2.29. The van der Waals surface area contributed by atoms with Crippen molar-refractivity contribution >= 4 is 11.5 Å². The number of benzene rings is 1. The van der Waals surface area contributed by atoms with Crippen molar-refractivity contribution in [1.82, 2.24) is 9.38 Å². The molecule has 0 saturated heterocycles. The van der Waals surface area contributed by atoms with Gasteiger partial charge in [-0.2, -0.15) is 0 Å². The number of hydrogen-bond donors (Lipinski definition) is 1. The number of nitrogen functional groups attached to an aromatic ring is 1. The smallest absolute Gasteiger partial charge is 0.138 e. The van der Waals surface area contributed by atoms with E-state index < -0.39 is 0 Å². The lowest BCUT2D eigenvalue weighted by Gasteiger charge is -2.06. The summed E-state index contributed by atoms with van der Waals surface area (Å²) in [6, 6.07) is 14.6. The van der Waals surface area contributed by atoms with Gasteiger partial charge < -0.3 is 5.73 Å². The first-order valence-corrected chi connectivity index (χ1v) is 6.95. The maximum Gasteiger partial charge on any atom is 0.138 e. The number of imidazole rings is 1. The molecule has 0 bridgehead atoms. The summed E-state index contributed by atoms with van der Waals surface area (Å²) in [4.78, 5) is 4.60. The third kappa shape index (κ3) is 2.27. The number of nitrogens with zero attached hydrogens (tertiary/aromatic N) is 2. The molecule has 3 aromatic rings. The van der Waals surface area contributed by atoms with Gasteiger partial charge in [-0.15, -0.1) is 0 Å². The summed E-state index contributed by atoms with van der Waals surface area (Å²) >= 11 is 0. The van der Waals surface area contributed by atoms with Crippen LogP contribution in [0.4, 0.5) is 5.82 Å². The summed E-state index contributed by atoms with van der Waals surface area (Å²) in [6.07, 6.45) is 2.72. The number of hydrogen-bond acceptors (Lipinski definition) is 2. The van der Waals surface area contributed by atoms with Crippen molar-refractivity contribution in [2.24, 2.45) is 0 Å². The molecule has 102 valence electrons. The second kappa shape index (κ2) is 5.00. The van der Waals surface area contributed by atoms with Crippen LogP contribution >= 0.6 is 0 Å². The molecule has 0 saturated carbocycles. The Morgan fingerprint density at radius 3 is 2.50 bits per heavy atom. The second-order valence-electron chi connectivity index (χ2n) is 5.45. The van der Waals surface area contributed by atoms with Crippen LogP contribution in [0.2, 0.25) is 0 Å². The third-order valence-corrected chi connectivity index (χ3v) is 3.66. The van der Waals surface area contributed by atoms with Gasteiger partial charge in [-0.3, -0.25) is 4.40 Å². The van der Waals surface area contributed by atoms with E-state index in [1.54, 1.807) is 0 Å². The lowest BCUT2D eigenvalue weighted by atomic mass is 10.0. The molecule has 0 amide bonds. The Morgan fingerprint density at radius 1 is 1.10 bits per heavy atom. The van der Waals surface area contributed by atoms with Crippen molar-refractivity contribution < 1.29 is 0 Å². The van der Waals surface area contributed by atoms with Gasteiger partial charge in [0.1, 0.15) is 11.5 Å². The van der Waals surface area contributed by atoms with Crippen LogP contribution in [0.15, 0.2) is 48.7 Å². The van der Waals surface area contributed by atoms with Gasteiger partial charge in [0.05, 0.1) is 5.69 Å². The number of rotatable bonds is 3. The van der Waals surface area contributed by atoms with E-state index in [1.807, 2.05) is 28.8 Å². The molecule has 0 aliphatic carbocycles. The van der Waals surface area contributed by atoms with Crippen molar-refractivity contribution in [3.63, 3.8) is 0 Å². The number of pyridine rings is 1. The molecule has 3 heteroatoms. The Morgan fingerprint density at radius 2 is 1.85 bits per heavy atom. The maximum absolute atomic E-state index is 6.17. The van der Waals surface area contributed by atoms with Crippen LogP contribution in [0.3, 0.4) is 0 Å². The minimum atomic E-state index is 0.560. The molecule has 2 N–H and O–H groups in total. The fraction of sp³-hybridized carbons (Fsp3) is 0.235. The number of fused-ring (bicyclic) bond motifs is 1. The van der Waals surface area contributed by atoms with E-state index in [2.05, 4.69) is 43.1 Å². The van der Waals surface area contributed by atoms with Crippen LogP contribution in [0.5, 0.6) is 0 Å². The molecule has 2 aromatic heterocycles. The maximum atomic E-state index is 6.17. The predicted molar refractivity (Wildman–Crippen MR) is 82.9 cm³/mol. The quantitative estimate of drug-likeness (QED) is 0.785. The fourth-order valence-corrected chi connectivity index (χ4v) is 2.41. The van der Waals surface area contributed by atoms with Crippen LogP contribution in [0.25, 0.3) is 5.65 Å². The van der Waals surface area contributed by atoms with Gasteiger partial charge in [0, 0.05) is 12.6 Å². The molecular weight excluding hydrogens is 246 g/mol. The topological polar surface area (TPSA) is 43.3 Å². The monoisotopic (exact) mass is 265 g/mol. The summed E-state index contributed by atoms with van der Waals surface area (Å²) in [5.41, 5.74) is 10.6. The standard InChI is InChI=1S/C17H19N3/c1-12(2)14-8-6-13(7-9-14)11-15-17(18)20-10-4-3-5-16(20)19-15/h3-10,12H,11,18H2,1-2H3. The van der Waals surface area contributed by atoms with Crippen LogP contribution in [0.1, 0.15) is 36.6 Å². The first kappa shape index (κ1) is 12.7. The molecule has 3 rings (SSSR count). The van der Waals surface area contributed by atoms with E-state index in [9.17, 15) is 0 Å². The number of nitrogens with two attached hydrogens (primary N) is 1. The van der Waals surface area contributed by atoms with Crippen molar-refractivity contribution in [3.05, 3.63) is 65.5 Å². The molecule has 0 atom stereocenters. The van der Waals surface area contributed by atoms with Gasteiger partial charge in [-0.25, -0.2) is 4.98 Å². The predicted octanol–water partition coefficient (Wildman–Crippen LogP) is 3.63. The van der Waals surface area contributed by atoms with Gasteiger partial charge in [0.15, 0.2) is 0 Å². The normalized spacial score (nSPS) is 11.3. The van der Waals surface area contributed by atoms with Gasteiger partial charge in [-0.05, 0) is 29.2 Å². The van der Waals surface area contributed by atoms with Crippen LogP contribution < -0.4 is 5.73 Å². The summed E-state index contributed by atoms with van der Waals surface area (Å²) in [6.45, 7) is 4.41. The molecule has 0 radical (unpaired) electrons. The van der Waals surface area contributed by atoms with E-state index in [0.717, 1.165) is 23.6 Å². The van der Waals surface area contributed by atoms with Gasteiger partial charge in [0.25, 0.3) is 0 Å². The molecule has 0 spiro atoms. The summed E-state index contributed by atoms with van der Waals surface area (Å²) in [7, 11) is 0. The molecule has 0 aliphatic rings. The second-order valence-corrected chi connectivity index (χ2v) is 5.45. The van der Waals surface area contributed by atoms with Crippen LogP contribution in [-0.4, -0.2) is 9.38 Å². The van der Waals surface area contributed by atoms with Gasteiger partial charge in [0.2, 0.25) is 0 Å². The lowest BCUT2D eigenvalue weighted by molar-refractivity contribution is 0.865. The Kier molecular flexibility index (Phi) is 3.18. The van der Waals surface area contributed by atoms with E-state index in [1.165, 1.54) is 11.1 Å². The highest BCUT2D eigenvalue weighted by atomic mass is 15.1. The van der Waals surface area contributed by atoms with E-state index >= 15 is 0 Å². The molecule has 3 nitrogen and oxygen atoms in total. The molecular formula is C17H19N3. The fourth-order valence-electron chi connectivity index (χ4n) is 2.41. The highest BCUT2D eigenvalue weighted by Crippen LogP contribution is 2.20. The van der Waals surface area contributed by atoms with E-state index in [4.69, 9.17) is 5.73 Å². The first-order valence-electron chi connectivity index (χ1n) is 6.95. The highest BCUT2D eigenvalue weighted by Gasteiger charge is 2.09. The zero-order valence-electron chi connectivity index (χ0n) is 11.9. The largest absolute Gasteiger partial charge is 0.383 e. The molecule has 1 aromatic carbocycles. The highest BCUT2D eigenvalue weighted by molar-refractivity contribution is 5.53. The molecule has 0 fully saturated rings. The average Bonchev–Trinajstić information content (AvgIpc) is 2.77. The van der Waals surface area contributed by atoms with E-state index in [-0.39, 0.29) is 0 Å². The van der Waals surface area contributed by atoms with E-state index in [0.29, 0.717) is 5.92 Å². The van der Waals surface area contributed by atoms with Gasteiger partial charge in [-0.1, -0.05) is 44.2 Å². The molecule has 20 heavy (non-hydrogen) atoms. The third-order valence-electron chi connectivity index (χ3n) is 3.66. The Balaban J connectivity index is 1.91. The van der Waals surface area contributed by atoms with Crippen LogP contribution in [0, 0.1) is 0 Å². The number of aromatic nitrogens is 2. The zero-order valence-corrected chi connectivity index (χ0v) is 11.9. The molecule has 0 unspecified atom stereocenters. The minimum absolute atomic E-state index is 0.560. The summed E-state index contributed by atoms with van der Waals surface area (Å²) in [5.74, 6) is 1.29. The Labute approximate surface area is 119 Å².